The van der Waals surface area contributed by atoms with Gasteiger partial charge in [-0.25, -0.2) is 0 Å². The van der Waals surface area contributed by atoms with Crippen molar-refractivity contribution in [3.05, 3.63) is 70.9 Å². The molecule has 0 heterocycles. The van der Waals surface area contributed by atoms with E-state index >= 15 is 0 Å². The van der Waals surface area contributed by atoms with E-state index in [-0.39, 0.29) is 5.41 Å². The summed E-state index contributed by atoms with van der Waals surface area (Å²) in [4.78, 5) is 0. The van der Waals surface area contributed by atoms with Gasteiger partial charge in [0.2, 0.25) is 0 Å². The lowest BCUT2D eigenvalue weighted by molar-refractivity contribution is 0.576. The van der Waals surface area contributed by atoms with Crippen LogP contribution in [0.1, 0.15) is 40.5 Å². The second kappa shape index (κ2) is 5.61. The van der Waals surface area contributed by atoms with Crippen LogP contribution in [0.4, 0.5) is 0 Å². The molecule has 0 N–H and O–H groups in total. The Kier molecular flexibility index (Phi) is 4.09. The molecular weight excluding hydrogens is 228 g/mol. The molecule has 0 aromatic heterocycles. The molecule has 0 unspecified atom stereocenters. The first-order valence-electron chi connectivity index (χ1n) is 7.13. The Balaban J connectivity index is 2.53. The maximum Gasteiger partial charge on any atom is 0.00838 e. The third kappa shape index (κ3) is 3.07. The van der Waals surface area contributed by atoms with Crippen molar-refractivity contribution in [2.45, 2.75) is 40.5 Å². The Bertz CT molecular complexity index is 528. The summed E-state index contributed by atoms with van der Waals surface area (Å²) in [6.07, 6.45) is 20.0. The average Bonchev–Trinajstić information content (AvgIpc) is 2.39. The molecule has 0 radical (unpaired) electrons. The number of rotatable bonds is 1. The van der Waals surface area contributed by atoms with E-state index in [1.54, 1.807) is 0 Å². The summed E-state index contributed by atoms with van der Waals surface area (Å²) < 4.78 is 0. The van der Waals surface area contributed by atoms with Gasteiger partial charge in [0.1, 0.15) is 0 Å². The summed E-state index contributed by atoms with van der Waals surface area (Å²) in [6.45, 7) is 9.09. The first-order chi connectivity index (χ1) is 9.02. The summed E-state index contributed by atoms with van der Waals surface area (Å²) in [5.41, 5.74) is 5.87. The molecule has 0 bridgehead atoms. The molecular formula is C19H24. The Morgan fingerprint density at radius 1 is 0.947 bits per heavy atom. The lowest BCUT2D eigenvalue weighted by Crippen LogP contribution is -2.15. The maximum atomic E-state index is 2.32. The first kappa shape index (κ1) is 13.9. The Labute approximate surface area is 117 Å². The third-order valence-electron chi connectivity index (χ3n) is 4.03. The highest BCUT2D eigenvalue weighted by molar-refractivity contribution is 5.52. The molecule has 0 saturated heterocycles. The number of hydrogen-bond donors (Lipinski definition) is 0. The molecule has 2 aliphatic rings. The van der Waals surface area contributed by atoms with Crippen LogP contribution in [0.5, 0.6) is 0 Å². The van der Waals surface area contributed by atoms with Gasteiger partial charge in [0.15, 0.2) is 0 Å². The minimum absolute atomic E-state index is 0.0981. The molecule has 2 aliphatic carbocycles. The highest BCUT2D eigenvalue weighted by atomic mass is 14.3. The van der Waals surface area contributed by atoms with Gasteiger partial charge in [0, 0.05) is 5.41 Å². The van der Waals surface area contributed by atoms with Crippen LogP contribution in [0.25, 0.3) is 0 Å². The highest BCUT2D eigenvalue weighted by Gasteiger charge is 2.26. The van der Waals surface area contributed by atoms with Crippen LogP contribution in [0.3, 0.4) is 0 Å². The van der Waals surface area contributed by atoms with Gasteiger partial charge in [-0.1, -0.05) is 62.5 Å². The lowest BCUT2D eigenvalue weighted by Gasteiger charge is -2.29. The van der Waals surface area contributed by atoms with E-state index in [9.17, 15) is 0 Å². The highest BCUT2D eigenvalue weighted by Crippen LogP contribution is 2.41. The van der Waals surface area contributed by atoms with Crippen molar-refractivity contribution in [3.8, 4) is 0 Å². The Hall–Kier alpha value is -1.56. The van der Waals surface area contributed by atoms with Gasteiger partial charge in [-0.3, -0.25) is 0 Å². The van der Waals surface area contributed by atoms with Crippen molar-refractivity contribution < 1.29 is 0 Å². The molecule has 0 amide bonds. The molecule has 0 saturated carbocycles. The fraction of sp³-hybridized carbons (Fsp3) is 0.368. The predicted octanol–water partition coefficient (Wildman–Crippen LogP) is 5.68. The predicted molar refractivity (Wildman–Crippen MR) is 85.0 cm³/mol. The molecule has 0 fully saturated rings. The van der Waals surface area contributed by atoms with Crippen molar-refractivity contribution in [2.75, 3.05) is 0 Å². The second-order valence-electron chi connectivity index (χ2n) is 5.97. The van der Waals surface area contributed by atoms with Crippen LogP contribution < -0.4 is 0 Å². The van der Waals surface area contributed by atoms with Crippen LogP contribution in [0.2, 0.25) is 0 Å². The van der Waals surface area contributed by atoms with Gasteiger partial charge >= 0.3 is 0 Å². The van der Waals surface area contributed by atoms with E-state index in [4.69, 9.17) is 0 Å². The van der Waals surface area contributed by atoms with E-state index in [2.05, 4.69) is 76.3 Å². The van der Waals surface area contributed by atoms with Gasteiger partial charge in [-0.15, -0.1) is 0 Å². The zero-order chi connectivity index (χ0) is 13.9. The molecule has 2 rings (SSSR count). The van der Waals surface area contributed by atoms with Crippen molar-refractivity contribution in [1.82, 2.24) is 0 Å². The van der Waals surface area contributed by atoms with Crippen LogP contribution >= 0.6 is 0 Å². The van der Waals surface area contributed by atoms with E-state index in [0.717, 1.165) is 12.8 Å². The summed E-state index contributed by atoms with van der Waals surface area (Å²) >= 11 is 0. The van der Waals surface area contributed by atoms with Crippen molar-refractivity contribution in [3.63, 3.8) is 0 Å². The molecule has 0 nitrogen and oxygen atoms in total. The summed E-state index contributed by atoms with van der Waals surface area (Å²) in [7, 11) is 0. The van der Waals surface area contributed by atoms with Crippen LogP contribution in [-0.2, 0) is 0 Å². The topological polar surface area (TPSA) is 0 Å². The molecule has 0 aliphatic heterocycles. The smallest absolute Gasteiger partial charge is 0.00838 e. The second-order valence-corrected chi connectivity index (χ2v) is 5.97. The Morgan fingerprint density at radius 2 is 1.74 bits per heavy atom. The van der Waals surface area contributed by atoms with Gasteiger partial charge in [-0.05, 0) is 49.0 Å². The summed E-state index contributed by atoms with van der Waals surface area (Å²) in [5.74, 6) is 0. The van der Waals surface area contributed by atoms with E-state index in [1.807, 2.05) is 0 Å². The van der Waals surface area contributed by atoms with Gasteiger partial charge in [-0.2, -0.15) is 0 Å². The van der Waals surface area contributed by atoms with Crippen molar-refractivity contribution in [2.24, 2.45) is 5.41 Å². The van der Waals surface area contributed by atoms with Crippen LogP contribution in [0, 0.1) is 5.41 Å². The van der Waals surface area contributed by atoms with Gasteiger partial charge in [0.05, 0.1) is 0 Å². The SMILES string of the molecule is CC1=CC=CC(C)(C)C(C2=CC=CC=CCC2)=C1C. The molecule has 0 heteroatoms. The molecule has 0 aromatic carbocycles. The van der Waals surface area contributed by atoms with Crippen LogP contribution in [-0.4, -0.2) is 0 Å². The quantitative estimate of drug-likeness (QED) is 0.563. The molecule has 0 aromatic rings. The third-order valence-corrected chi connectivity index (χ3v) is 4.03. The van der Waals surface area contributed by atoms with Crippen LogP contribution in [0.15, 0.2) is 70.9 Å². The summed E-state index contributed by atoms with van der Waals surface area (Å²) in [6, 6.07) is 0. The normalized spacial score (nSPS) is 22.5. The first-order valence-corrected chi connectivity index (χ1v) is 7.13. The van der Waals surface area contributed by atoms with Crippen molar-refractivity contribution >= 4 is 0 Å². The fourth-order valence-electron chi connectivity index (χ4n) is 2.92. The van der Waals surface area contributed by atoms with Gasteiger partial charge < -0.3 is 0 Å². The largest absolute Gasteiger partial charge is 0.0842 e. The maximum absolute atomic E-state index is 2.32. The van der Waals surface area contributed by atoms with E-state index in [1.165, 1.54) is 22.3 Å². The molecule has 0 spiro atoms. The monoisotopic (exact) mass is 252 g/mol. The van der Waals surface area contributed by atoms with Gasteiger partial charge in [0.25, 0.3) is 0 Å². The zero-order valence-corrected chi connectivity index (χ0v) is 12.5. The fourth-order valence-corrected chi connectivity index (χ4v) is 2.92. The van der Waals surface area contributed by atoms with E-state index in [0.29, 0.717) is 0 Å². The number of allylic oxidation sites excluding steroid dienone is 12. The number of hydrogen-bond acceptors (Lipinski definition) is 0. The zero-order valence-electron chi connectivity index (χ0n) is 12.5. The Morgan fingerprint density at radius 3 is 2.53 bits per heavy atom. The molecule has 0 atom stereocenters. The van der Waals surface area contributed by atoms with Crippen molar-refractivity contribution in [1.29, 1.82) is 0 Å². The standard InChI is InChI=1S/C19H24/c1-15-11-10-14-19(3,4)18(16(15)2)17-12-8-6-5-7-9-13-17/h5-8,10-12,14H,9,13H2,1-4H3. The lowest BCUT2D eigenvalue weighted by atomic mass is 9.75. The molecule has 19 heavy (non-hydrogen) atoms. The average molecular weight is 252 g/mol. The van der Waals surface area contributed by atoms with E-state index < -0.39 is 0 Å². The minimum Gasteiger partial charge on any atom is -0.0842 e. The minimum atomic E-state index is 0.0981. The molecule has 100 valence electrons. The summed E-state index contributed by atoms with van der Waals surface area (Å²) in [5, 5.41) is 0.